The van der Waals surface area contributed by atoms with Gasteiger partial charge in [-0.1, -0.05) is 0 Å². The zero-order valence-electron chi connectivity index (χ0n) is 22.7. The molecule has 240 valence electrons. The van der Waals surface area contributed by atoms with Gasteiger partial charge in [-0.2, -0.15) is 0 Å². The van der Waals surface area contributed by atoms with Crippen LogP contribution >= 0.6 is 0 Å². The Morgan fingerprint density at radius 2 is 1.66 bits per heavy atom. The van der Waals surface area contributed by atoms with Gasteiger partial charge in [-0.15, -0.1) is 0 Å². The molecule has 0 saturated carbocycles. The molecule has 17 heteroatoms. The summed E-state index contributed by atoms with van der Waals surface area (Å²) in [6.45, 7) is -0.800. The van der Waals surface area contributed by atoms with Crippen molar-refractivity contribution in [1.29, 1.82) is 0 Å². The largest absolute Gasteiger partial charge is 0.507 e. The summed E-state index contributed by atoms with van der Waals surface area (Å²) in [6, 6.07) is 5.56. The molecule has 0 bridgehead atoms. The summed E-state index contributed by atoms with van der Waals surface area (Å²) in [4.78, 5) is 24.4. The van der Waals surface area contributed by atoms with Crippen molar-refractivity contribution < 1.29 is 79.2 Å². The van der Waals surface area contributed by atoms with E-state index in [4.69, 9.17) is 23.4 Å². The molecule has 0 amide bonds. The second kappa shape index (κ2) is 13.3. The maximum absolute atomic E-state index is 13.7. The minimum absolute atomic E-state index is 0.0193. The fourth-order valence-electron chi connectivity index (χ4n) is 4.40. The van der Waals surface area contributed by atoms with Crippen LogP contribution in [0, 0.1) is 0 Å². The Morgan fingerprint density at radius 3 is 2.27 bits per heavy atom. The molecule has 17 nitrogen and oxygen atoms in total. The van der Waals surface area contributed by atoms with Gasteiger partial charge in [-0.3, -0.25) is 4.79 Å². The van der Waals surface area contributed by atoms with Crippen LogP contribution < -0.4 is 19.6 Å². The van der Waals surface area contributed by atoms with E-state index < -0.39 is 107 Å². The number of benzene rings is 2. The Balaban J connectivity index is 1.83. The molecule has 0 unspecified atom stereocenters. The van der Waals surface area contributed by atoms with Crippen molar-refractivity contribution in [1.82, 2.24) is 0 Å². The molecular formula is C27H30O17. The Kier molecular flexibility index (Phi) is 9.94. The molecule has 1 aromatic heterocycles. The van der Waals surface area contributed by atoms with Crippen LogP contribution in [0.3, 0.4) is 0 Å². The van der Waals surface area contributed by atoms with E-state index in [1.54, 1.807) is 0 Å². The van der Waals surface area contributed by atoms with E-state index in [9.17, 15) is 60.7 Å². The number of aldehydes is 1. The van der Waals surface area contributed by atoms with Crippen LogP contribution in [0.15, 0.2) is 39.5 Å². The van der Waals surface area contributed by atoms with E-state index >= 15 is 0 Å². The van der Waals surface area contributed by atoms with Crippen molar-refractivity contribution in [3.05, 3.63) is 40.6 Å². The molecule has 1 saturated heterocycles. The van der Waals surface area contributed by atoms with Gasteiger partial charge in [0.15, 0.2) is 23.5 Å². The fourth-order valence-corrected chi connectivity index (χ4v) is 4.40. The highest BCUT2D eigenvalue weighted by Crippen LogP contribution is 2.40. The summed E-state index contributed by atoms with van der Waals surface area (Å²) in [5.74, 6) is -2.75. The van der Waals surface area contributed by atoms with Gasteiger partial charge in [0.25, 0.3) is 0 Å². The second-order valence-electron chi connectivity index (χ2n) is 9.72. The molecule has 0 spiro atoms. The highest BCUT2D eigenvalue weighted by atomic mass is 16.7. The predicted molar refractivity (Wildman–Crippen MR) is 143 cm³/mol. The first-order valence-corrected chi connectivity index (χ1v) is 12.8. The first-order chi connectivity index (χ1) is 20.8. The van der Waals surface area contributed by atoms with Crippen LogP contribution in [0.2, 0.25) is 0 Å². The number of carbonyl (C=O) groups excluding carboxylic acids is 1. The molecule has 3 aromatic rings. The lowest BCUT2D eigenvalue weighted by molar-refractivity contribution is -0.277. The van der Waals surface area contributed by atoms with E-state index in [1.165, 1.54) is 19.2 Å². The average molecular weight is 627 g/mol. The van der Waals surface area contributed by atoms with Crippen molar-refractivity contribution in [2.75, 3.05) is 13.7 Å². The Labute approximate surface area is 246 Å². The lowest BCUT2D eigenvalue weighted by Crippen LogP contribution is -2.60. The quantitative estimate of drug-likeness (QED) is 0.0751. The molecule has 1 aliphatic rings. The lowest BCUT2D eigenvalue weighted by Gasteiger charge is -2.39. The molecule has 2 heterocycles. The lowest BCUT2D eigenvalue weighted by atomic mass is 9.99. The van der Waals surface area contributed by atoms with Crippen LogP contribution in [-0.4, -0.2) is 126 Å². The molecule has 2 aromatic carbocycles. The van der Waals surface area contributed by atoms with Crippen LogP contribution in [0.25, 0.3) is 22.3 Å². The average Bonchev–Trinajstić information content (AvgIpc) is 3.00. The van der Waals surface area contributed by atoms with Crippen molar-refractivity contribution in [2.45, 2.75) is 55.3 Å². The van der Waals surface area contributed by atoms with Gasteiger partial charge in [0.1, 0.15) is 65.2 Å². The Morgan fingerprint density at radius 1 is 0.955 bits per heavy atom. The molecule has 0 radical (unpaired) electrons. The summed E-state index contributed by atoms with van der Waals surface area (Å²) in [7, 11) is 1.28. The van der Waals surface area contributed by atoms with Crippen LogP contribution in [0.1, 0.15) is 0 Å². The topological polar surface area (TPSA) is 286 Å². The zero-order chi connectivity index (χ0) is 32.5. The first-order valence-electron chi connectivity index (χ1n) is 12.8. The number of phenolic OH excluding ortho intramolecular Hbond substituents is 2. The van der Waals surface area contributed by atoms with Gasteiger partial charge in [0.2, 0.25) is 23.8 Å². The number of carbonyl (C=O) groups is 1. The van der Waals surface area contributed by atoms with E-state index in [-0.39, 0.29) is 17.6 Å². The number of hydrogen-bond acceptors (Lipinski definition) is 17. The van der Waals surface area contributed by atoms with Gasteiger partial charge in [0.05, 0.1) is 13.7 Å². The maximum Gasteiger partial charge on any atom is 0.239 e. The molecule has 1 fully saturated rings. The summed E-state index contributed by atoms with van der Waals surface area (Å²) in [6.07, 6.45) is -17.5. The SMILES string of the molecule is COc1ccc(-c2oc3cc(O[C@@H](O)[C@@H](O)[C@H](O)[C@H](O)C=O)cc(O)c3c(=O)c2O[C@@H]2O[C@H](CO)[C@@H](O)[C@H](O)[C@H]2O)cc1O. The number of fused-ring (bicyclic) bond motifs is 1. The third-order valence-corrected chi connectivity index (χ3v) is 6.82. The normalized spacial score (nSPS) is 24.7. The van der Waals surface area contributed by atoms with E-state index in [0.717, 1.165) is 18.2 Å². The van der Waals surface area contributed by atoms with Crippen LogP contribution in [0.5, 0.6) is 28.7 Å². The van der Waals surface area contributed by atoms with Crippen LogP contribution in [-0.2, 0) is 9.53 Å². The van der Waals surface area contributed by atoms with Gasteiger partial charge >= 0.3 is 0 Å². The second-order valence-corrected chi connectivity index (χ2v) is 9.72. The smallest absolute Gasteiger partial charge is 0.239 e. The first kappa shape index (κ1) is 32.9. The molecule has 10 N–H and O–H groups in total. The maximum atomic E-state index is 13.7. The molecule has 1 aliphatic heterocycles. The molecular weight excluding hydrogens is 596 g/mol. The highest BCUT2D eigenvalue weighted by Gasteiger charge is 2.45. The number of phenols is 2. The molecule has 44 heavy (non-hydrogen) atoms. The monoisotopic (exact) mass is 626 g/mol. The predicted octanol–water partition coefficient (Wildman–Crippen LogP) is -2.96. The van der Waals surface area contributed by atoms with Crippen LogP contribution in [0.4, 0.5) is 0 Å². The number of hydrogen-bond donors (Lipinski definition) is 10. The number of aliphatic hydroxyl groups is 8. The minimum Gasteiger partial charge on any atom is -0.507 e. The highest BCUT2D eigenvalue weighted by molar-refractivity contribution is 5.88. The number of aromatic hydroxyl groups is 2. The number of methoxy groups -OCH3 is 1. The van der Waals surface area contributed by atoms with Gasteiger partial charge in [-0.25, -0.2) is 0 Å². The van der Waals surface area contributed by atoms with E-state index in [0.29, 0.717) is 0 Å². The number of rotatable bonds is 11. The van der Waals surface area contributed by atoms with Crippen molar-refractivity contribution in [3.63, 3.8) is 0 Å². The van der Waals surface area contributed by atoms with Crippen molar-refractivity contribution >= 4 is 17.3 Å². The third-order valence-electron chi connectivity index (χ3n) is 6.82. The number of ether oxygens (including phenoxy) is 4. The standard InChI is InChI=1S/C27H30O17/c1-40-14-3-2-9(4-11(14)30)24-25(44-27-23(38)21(36)19(34)16(8-29)43-27)20(35)17-12(31)5-10(6-15(17)42-24)41-26(39)22(37)18(33)13(32)7-28/h2-7,13,16,18-19,21-23,26-27,29-34,36-39H,8H2,1H3/t13-,16-,18-,19-,21+,22+,23-,26-,27+/m1/s1. The number of aliphatic hydroxyl groups excluding tert-OH is 8. The Hall–Kier alpha value is -4.04. The van der Waals surface area contributed by atoms with Gasteiger partial charge in [-0.05, 0) is 18.2 Å². The van der Waals surface area contributed by atoms with E-state index in [1.807, 2.05) is 0 Å². The zero-order valence-corrected chi connectivity index (χ0v) is 22.7. The molecule has 9 atom stereocenters. The van der Waals surface area contributed by atoms with Crippen molar-refractivity contribution in [3.8, 4) is 40.1 Å². The summed E-state index contributed by atoms with van der Waals surface area (Å²) < 4.78 is 26.9. The molecule has 4 rings (SSSR count). The summed E-state index contributed by atoms with van der Waals surface area (Å²) in [5, 5.41) is 100. The Bertz CT molecular complexity index is 1540. The van der Waals surface area contributed by atoms with Gasteiger partial charge in [0, 0.05) is 17.7 Å². The molecule has 0 aliphatic carbocycles. The third kappa shape index (κ3) is 6.27. The van der Waals surface area contributed by atoms with Crippen molar-refractivity contribution in [2.24, 2.45) is 0 Å². The van der Waals surface area contributed by atoms with Gasteiger partial charge < -0.3 is 79.2 Å². The summed E-state index contributed by atoms with van der Waals surface area (Å²) in [5.41, 5.74) is -1.51. The summed E-state index contributed by atoms with van der Waals surface area (Å²) >= 11 is 0. The minimum atomic E-state index is -2.25. The van der Waals surface area contributed by atoms with E-state index in [2.05, 4.69) is 0 Å². The fraction of sp³-hybridized carbons (Fsp3) is 0.407.